The molecule has 0 amide bonds. The molecule has 0 unspecified atom stereocenters. The number of carbonyl (C=O) groups is 2. The number of fused-ring (bicyclic) bond motifs is 5. The molecule has 0 aromatic rings. The highest BCUT2D eigenvalue weighted by Gasteiger charge is 2.58. The van der Waals surface area contributed by atoms with Crippen molar-refractivity contribution in [2.45, 2.75) is 111 Å². The fraction of sp³-hybridized carbons (Fsp3) is 0.806. The highest BCUT2D eigenvalue weighted by Crippen LogP contribution is 2.66. The van der Waals surface area contributed by atoms with E-state index in [-0.39, 0.29) is 24.4 Å². The summed E-state index contributed by atoms with van der Waals surface area (Å²) >= 11 is 0. The number of carboxylic acids is 1. The summed E-state index contributed by atoms with van der Waals surface area (Å²) in [5, 5.41) is 8.83. The summed E-state index contributed by atoms with van der Waals surface area (Å²) in [4.78, 5) is 22.9. The van der Waals surface area contributed by atoms with Gasteiger partial charge in [-0.1, -0.05) is 66.0 Å². The van der Waals surface area contributed by atoms with Gasteiger partial charge in [0.15, 0.2) is 0 Å². The summed E-state index contributed by atoms with van der Waals surface area (Å²) in [7, 11) is 0. The van der Waals surface area contributed by atoms with Crippen LogP contribution in [0.1, 0.15) is 105 Å². The Morgan fingerprint density at radius 2 is 1.80 bits per heavy atom. The third-order valence-corrected chi connectivity index (χ3v) is 10.6. The van der Waals surface area contributed by atoms with Crippen LogP contribution in [0.2, 0.25) is 0 Å². The SMILES string of the molecule is CC(C)CCC[C@@H](C)[C@H]1CC[C@H]2[C@@H]3C=CC4=C[C@@H](OC(=O)CCC(=O)O)CC[C@]4(C)[C@H]3CC[C@]12C. The Kier molecular flexibility index (Phi) is 7.88. The first-order chi connectivity index (χ1) is 16.5. The molecule has 4 nitrogen and oxygen atoms in total. The Balaban J connectivity index is 1.45. The van der Waals surface area contributed by atoms with E-state index in [0.717, 1.165) is 36.5 Å². The van der Waals surface area contributed by atoms with Gasteiger partial charge in [0.2, 0.25) is 0 Å². The molecule has 0 aromatic carbocycles. The molecule has 0 heterocycles. The van der Waals surface area contributed by atoms with E-state index in [4.69, 9.17) is 9.84 Å². The highest BCUT2D eigenvalue weighted by molar-refractivity contribution is 5.76. The van der Waals surface area contributed by atoms with Crippen molar-refractivity contribution in [3.05, 3.63) is 23.8 Å². The average Bonchev–Trinajstić information content (AvgIpc) is 3.15. The van der Waals surface area contributed by atoms with Gasteiger partial charge in [0, 0.05) is 0 Å². The van der Waals surface area contributed by atoms with E-state index in [9.17, 15) is 9.59 Å². The number of ether oxygens (including phenoxy) is 1. The van der Waals surface area contributed by atoms with Gasteiger partial charge in [-0.15, -0.1) is 0 Å². The molecule has 4 rings (SSSR count). The van der Waals surface area contributed by atoms with E-state index in [1.54, 1.807) is 0 Å². The molecule has 2 saturated carbocycles. The van der Waals surface area contributed by atoms with Gasteiger partial charge in [-0.25, -0.2) is 0 Å². The highest BCUT2D eigenvalue weighted by atomic mass is 16.5. The Bertz CT molecular complexity index is 856. The molecule has 196 valence electrons. The normalized spacial score (nSPS) is 38.8. The number of esters is 1. The number of allylic oxidation sites excluding steroid dienone is 3. The predicted octanol–water partition coefficient (Wildman–Crippen LogP) is 7.58. The van der Waals surface area contributed by atoms with Crippen LogP contribution in [0.4, 0.5) is 0 Å². The summed E-state index contributed by atoms with van der Waals surface area (Å²) in [6.45, 7) is 12.3. The van der Waals surface area contributed by atoms with Crippen molar-refractivity contribution >= 4 is 11.9 Å². The quantitative estimate of drug-likeness (QED) is 0.343. The topological polar surface area (TPSA) is 63.6 Å². The summed E-state index contributed by atoms with van der Waals surface area (Å²) in [6.07, 6.45) is 18.0. The molecular weight excluding hydrogens is 436 g/mol. The molecule has 0 radical (unpaired) electrons. The second-order valence-electron chi connectivity index (χ2n) is 13.2. The second kappa shape index (κ2) is 10.4. The van der Waals surface area contributed by atoms with Crippen LogP contribution in [0.3, 0.4) is 0 Å². The van der Waals surface area contributed by atoms with Crippen LogP contribution in [-0.4, -0.2) is 23.1 Å². The van der Waals surface area contributed by atoms with Crippen LogP contribution < -0.4 is 0 Å². The zero-order valence-corrected chi connectivity index (χ0v) is 22.7. The Morgan fingerprint density at radius 3 is 2.51 bits per heavy atom. The Hall–Kier alpha value is -1.58. The van der Waals surface area contributed by atoms with Gasteiger partial charge in [-0.2, -0.15) is 0 Å². The fourth-order valence-corrected chi connectivity index (χ4v) is 8.68. The van der Waals surface area contributed by atoms with Gasteiger partial charge in [-0.05, 0) is 96.5 Å². The van der Waals surface area contributed by atoms with Gasteiger partial charge >= 0.3 is 11.9 Å². The second-order valence-corrected chi connectivity index (χ2v) is 13.2. The summed E-state index contributed by atoms with van der Waals surface area (Å²) in [6, 6.07) is 0. The van der Waals surface area contributed by atoms with Crippen molar-refractivity contribution in [3.63, 3.8) is 0 Å². The molecule has 35 heavy (non-hydrogen) atoms. The summed E-state index contributed by atoms with van der Waals surface area (Å²) in [5.41, 5.74) is 1.96. The first kappa shape index (κ1) is 26.5. The van der Waals surface area contributed by atoms with Crippen LogP contribution in [0, 0.1) is 46.3 Å². The van der Waals surface area contributed by atoms with Crippen LogP contribution in [0.15, 0.2) is 23.8 Å². The Morgan fingerprint density at radius 1 is 1.03 bits per heavy atom. The average molecular weight is 485 g/mol. The monoisotopic (exact) mass is 484 g/mol. The van der Waals surface area contributed by atoms with E-state index in [1.165, 1.54) is 50.5 Å². The number of carbonyl (C=O) groups excluding carboxylic acids is 1. The van der Waals surface area contributed by atoms with E-state index in [1.807, 2.05) is 0 Å². The first-order valence-corrected chi connectivity index (χ1v) is 14.4. The number of carboxylic acid groups (broad SMARTS) is 1. The van der Waals surface area contributed by atoms with Crippen molar-refractivity contribution in [1.29, 1.82) is 0 Å². The van der Waals surface area contributed by atoms with Crippen LogP contribution in [-0.2, 0) is 14.3 Å². The lowest BCUT2D eigenvalue weighted by Crippen LogP contribution is -2.49. The first-order valence-electron chi connectivity index (χ1n) is 14.4. The third kappa shape index (κ3) is 5.27. The minimum atomic E-state index is -0.957. The lowest BCUT2D eigenvalue weighted by atomic mass is 9.48. The van der Waals surface area contributed by atoms with Gasteiger partial charge in [0.05, 0.1) is 12.8 Å². The molecule has 2 fully saturated rings. The van der Waals surface area contributed by atoms with E-state index in [2.05, 4.69) is 52.8 Å². The zero-order chi connectivity index (χ0) is 25.4. The van der Waals surface area contributed by atoms with Crippen molar-refractivity contribution in [2.24, 2.45) is 46.3 Å². The van der Waals surface area contributed by atoms with E-state index < -0.39 is 11.9 Å². The molecule has 1 N–H and O–H groups in total. The maximum atomic E-state index is 12.1. The Labute approximate surface area is 213 Å². The summed E-state index contributed by atoms with van der Waals surface area (Å²) in [5.74, 6) is 3.27. The minimum absolute atomic E-state index is 0.0515. The molecule has 4 aliphatic rings. The van der Waals surface area contributed by atoms with Crippen molar-refractivity contribution in [1.82, 2.24) is 0 Å². The lowest BCUT2D eigenvalue weighted by Gasteiger charge is -2.57. The van der Waals surface area contributed by atoms with Crippen molar-refractivity contribution < 1.29 is 19.4 Å². The molecule has 4 heteroatoms. The van der Waals surface area contributed by atoms with Gasteiger partial charge < -0.3 is 9.84 Å². The third-order valence-electron chi connectivity index (χ3n) is 10.6. The molecule has 0 aromatic heterocycles. The molecule has 0 aliphatic heterocycles. The molecule has 8 atom stereocenters. The van der Waals surface area contributed by atoms with E-state index in [0.29, 0.717) is 17.3 Å². The largest absolute Gasteiger partial charge is 0.481 e. The van der Waals surface area contributed by atoms with Crippen LogP contribution >= 0.6 is 0 Å². The maximum Gasteiger partial charge on any atom is 0.306 e. The molecular formula is C31H48O4. The van der Waals surface area contributed by atoms with Crippen LogP contribution in [0.5, 0.6) is 0 Å². The standard InChI is InChI=1S/C31H48O4/c1-20(2)7-6-8-21(3)25-11-12-26-24-10-9-22-19-23(35-29(34)14-13-28(32)33)15-17-30(22,4)27(24)16-18-31(25,26)5/h9-10,19-21,23-27H,6-8,11-18H2,1-5H3,(H,32,33)/t21-,23+,24+,25-,26+,27+,30+,31-/m1/s1. The fourth-order valence-electron chi connectivity index (χ4n) is 8.68. The summed E-state index contributed by atoms with van der Waals surface area (Å²) < 4.78 is 5.63. The van der Waals surface area contributed by atoms with Crippen LogP contribution in [0.25, 0.3) is 0 Å². The molecule has 0 bridgehead atoms. The van der Waals surface area contributed by atoms with Gasteiger partial charge in [-0.3, -0.25) is 9.59 Å². The molecule has 4 aliphatic carbocycles. The van der Waals surface area contributed by atoms with Gasteiger partial charge in [0.1, 0.15) is 6.10 Å². The number of aliphatic carboxylic acids is 1. The van der Waals surface area contributed by atoms with Crippen molar-refractivity contribution in [2.75, 3.05) is 0 Å². The van der Waals surface area contributed by atoms with E-state index >= 15 is 0 Å². The minimum Gasteiger partial charge on any atom is -0.481 e. The smallest absolute Gasteiger partial charge is 0.306 e. The number of hydrogen-bond acceptors (Lipinski definition) is 3. The predicted molar refractivity (Wildman–Crippen MR) is 140 cm³/mol. The molecule has 0 saturated heterocycles. The van der Waals surface area contributed by atoms with Crippen molar-refractivity contribution in [3.8, 4) is 0 Å². The number of rotatable bonds is 9. The zero-order valence-electron chi connectivity index (χ0n) is 22.7. The van der Waals surface area contributed by atoms with Gasteiger partial charge in [0.25, 0.3) is 0 Å². The maximum absolute atomic E-state index is 12.1. The number of hydrogen-bond donors (Lipinski definition) is 1. The molecule has 0 spiro atoms. The lowest BCUT2D eigenvalue weighted by molar-refractivity contribution is -0.151.